The van der Waals surface area contributed by atoms with Crippen LogP contribution in [0.4, 0.5) is 8.78 Å². The molecule has 3 unspecified atom stereocenters. The number of hydrogen-bond acceptors (Lipinski definition) is 1. The average Bonchev–Trinajstić information content (AvgIpc) is 2.13. The molecule has 0 saturated heterocycles. The lowest BCUT2D eigenvalue weighted by atomic mass is 9.65. The number of hydrogen-bond donors (Lipinski definition) is 1. The topological polar surface area (TPSA) is 26.0 Å². The average molecular weight is 211 g/mol. The van der Waals surface area contributed by atoms with Crippen molar-refractivity contribution in [3.63, 3.8) is 0 Å². The van der Waals surface area contributed by atoms with Gasteiger partial charge in [0.2, 0.25) is 0 Å². The zero-order valence-electron chi connectivity index (χ0n) is 8.71. The van der Waals surface area contributed by atoms with E-state index in [1.54, 1.807) is 0 Å². The monoisotopic (exact) mass is 211 g/mol. The van der Waals surface area contributed by atoms with Crippen molar-refractivity contribution in [2.24, 2.45) is 11.7 Å². The molecule has 0 amide bonds. The Morgan fingerprint density at radius 1 is 1.27 bits per heavy atom. The van der Waals surface area contributed by atoms with E-state index in [-0.39, 0.29) is 12.0 Å². The van der Waals surface area contributed by atoms with Crippen LogP contribution >= 0.6 is 0 Å². The van der Waals surface area contributed by atoms with Gasteiger partial charge in [-0.3, -0.25) is 0 Å². The van der Waals surface area contributed by atoms with Crippen LogP contribution < -0.4 is 5.73 Å². The van der Waals surface area contributed by atoms with Crippen LogP contribution in [-0.2, 0) is 0 Å². The van der Waals surface area contributed by atoms with Gasteiger partial charge in [-0.05, 0) is 36.0 Å². The van der Waals surface area contributed by atoms with E-state index in [1.807, 2.05) is 0 Å². The summed E-state index contributed by atoms with van der Waals surface area (Å²) in [5.41, 5.74) is 6.60. The minimum Gasteiger partial charge on any atom is -0.327 e. The first-order valence-corrected chi connectivity index (χ1v) is 5.33. The minimum absolute atomic E-state index is 0.186. The fraction of sp³-hybridized carbons (Fsp3) is 0.500. The van der Waals surface area contributed by atoms with E-state index in [9.17, 15) is 8.78 Å². The molecule has 0 aliphatic heterocycles. The van der Waals surface area contributed by atoms with Crippen LogP contribution in [-0.4, -0.2) is 6.04 Å². The van der Waals surface area contributed by atoms with Gasteiger partial charge < -0.3 is 5.73 Å². The molecule has 2 N–H and O–H groups in total. The van der Waals surface area contributed by atoms with Crippen molar-refractivity contribution in [2.45, 2.75) is 31.7 Å². The molecule has 0 spiro atoms. The lowest BCUT2D eigenvalue weighted by molar-refractivity contribution is 0.197. The first-order valence-electron chi connectivity index (χ1n) is 5.33. The molecule has 1 aliphatic carbocycles. The fourth-order valence-electron chi connectivity index (χ4n) is 2.51. The van der Waals surface area contributed by atoms with E-state index in [2.05, 4.69) is 6.92 Å². The van der Waals surface area contributed by atoms with Gasteiger partial charge in [0.1, 0.15) is 11.6 Å². The van der Waals surface area contributed by atoms with Crippen LogP contribution in [0.25, 0.3) is 0 Å². The van der Waals surface area contributed by atoms with E-state index < -0.39 is 11.6 Å². The lowest BCUT2D eigenvalue weighted by Crippen LogP contribution is -2.45. The molecular formula is C12H15F2N. The maximum atomic E-state index is 13.0. The Balaban J connectivity index is 2.23. The molecule has 2 rings (SSSR count). The zero-order valence-corrected chi connectivity index (χ0v) is 8.71. The van der Waals surface area contributed by atoms with Crippen molar-refractivity contribution in [2.75, 3.05) is 0 Å². The molecule has 1 nitrogen and oxygen atoms in total. The standard InChI is InChI=1S/C12H15F2N/c1-2-10-11(6-12(10)15)7-3-8(13)5-9(14)4-7/h3-5,10-12H,2,6,15H2,1H3. The third-order valence-electron chi connectivity index (χ3n) is 3.38. The molecule has 0 aromatic heterocycles. The molecule has 0 radical (unpaired) electrons. The first-order chi connectivity index (χ1) is 7.11. The molecule has 82 valence electrons. The summed E-state index contributed by atoms with van der Waals surface area (Å²) in [6.07, 6.45) is 1.80. The summed E-state index contributed by atoms with van der Waals surface area (Å²) < 4.78 is 26.0. The summed E-state index contributed by atoms with van der Waals surface area (Å²) in [6, 6.07) is 3.93. The van der Waals surface area contributed by atoms with Gasteiger partial charge in [0.25, 0.3) is 0 Å². The Morgan fingerprint density at radius 2 is 1.87 bits per heavy atom. The second kappa shape index (κ2) is 3.89. The van der Waals surface area contributed by atoms with Crippen LogP contribution in [0.3, 0.4) is 0 Å². The van der Waals surface area contributed by atoms with Crippen molar-refractivity contribution in [3.05, 3.63) is 35.4 Å². The van der Waals surface area contributed by atoms with E-state index >= 15 is 0 Å². The van der Waals surface area contributed by atoms with Crippen LogP contribution in [0.1, 0.15) is 31.2 Å². The maximum absolute atomic E-state index is 13.0. The van der Waals surface area contributed by atoms with Crippen molar-refractivity contribution >= 4 is 0 Å². The summed E-state index contributed by atoms with van der Waals surface area (Å²) in [6.45, 7) is 2.06. The van der Waals surface area contributed by atoms with Crippen molar-refractivity contribution < 1.29 is 8.78 Å². The molecular weight excluding hydrogens is 196 g/mol. The second-order valence-corrected chi connectivity index (χ2v) is 4.28. The number of halogens is 2. The van der Waals surface area contributed by atoms with Gasteiger partial charge in [0, 0.05) is 12.1 Å². The zero-order chi connectivity index (χ0) is 11.0. The Kier molecular flexibility index (Phi) is 2.74. The molecule has 0 heterocycles. The Bertz CT molecular complexity index is 344. The highest BCUT2D eigenvalue weighted by Gasteiger charge is 2.38. The quantitative estimate of drug-likeness (QED) is 0.799. The highest BCUT2D eigenvalue weighted by Crippen LogP contribution is 2.43. The van der Waals surface area contributed by atoms with Gasteiger partial charge in [0.05, 0.1) is 0 Å². The summed E-state index contributed by atoms with van der Waals surface area (Å²) in [7, 11) is 0. The van der Waals surface area contributed by atoms with Gasteiger partial charge in [0.15, 0.2) is 0 Å². The number of rotatable bonds is 2. The van der Waals surface area contributed by atoms with Crippen molar-refractivity contribution in [1.82, 2.24) is 0 Å². The van der Waals surface area contributed by atoms with E-state index in [0.29, 0.717) is 5.92 Å². The van der Waals surface area contributed by atoms with Crippen molar-refractivity contribution in [3.8, 4) is 0 Å². The molecule has 1 saturated carbocycles. The second-order valence-electron chi connectivity index (χ2n) is 4.28. The van der Waals surface area contributed by atoms with Gasteiger partial charge >= 0.3 is 0 Å². The molecule has 3 atom stereocenters. The predicted octanol–water partition coefficient (Wildman–Crippen LogP) is 2.81. The molecule has 0 bridgehead atoms. The summed E-state index contributed by atoms with van der Waals surface area (Å²) in [4.78, 5) is 0. The van der Waals surface area contributed by atoms with Crippen LogP contribution in [0.15, 0.2) is 18.2 Å². The predicted molar refractivity (Wildman–Crippen MR) is 55.5 cm³/mol. The molecule has 1 aromatic rings. The largest absolute Gasteiger partial charge is 0.327 e. The first kappa shape index (κ1) is 10.6. The Hall–Kier alpha value is -0.960. The Morgan fingerprint density at radius 3 is 2.33 bits per heavy atom. The fourth-order valence-corrected chi connectivity index (χ4v) is 2.51. The summed E-state index contributed by atoms with van der Waals surface area (Å²) in [5.74, 6) is -0.401. The molecule has 1 aliphatic rings. The lowest BCUT2D eigenvalue weighted by Gasteiger charge is -2.42. The van der Waals surface area contributed by atoms with E-state index in [0.717, 1.165) is 24.5 Å². The van der Waals surface area contributed by atoms with Gasteiger partial charge in [-0.2, -0.15) is 0 Å². The third kappa shape index (κ3) is 1.88. The third-order valence-corrected chi connectivity index (χ3v) is 3.38. The number of benzene rings is 1. The summed E-state index contributed by atoms with van der Waals surface area (Å²) >= 11 is 0. The summed E-state index contributed by atoms with van der Waals surface area (Å²) in [5, 5.41) is 0. The molecule has 1 fully saturated rings. The van der Waals surface area contributed by atoms with Crippen molar-refractivity contribution in [1.29, 1.82) is 0 Å². The van der Waals surface area contributed by atoms with Gasteiger partial charge in [-0.25, -0.2) is 8.78 Å². The van der Waals surface area contributed by atoms with Crippen LogP contribution in [0.2, 0.25) is 0 Å². The van der Waals surface area contributed by atoms with Crippen LogP contribution in [0, 0.1) is 17.6 Å². The number of nitrogens with two attached hydrogens (primary N) is 1. The highest BCUT2D eigenvalue weighted by atomic mass is 19.1. The minimum atomic E-state index is -0.500. The molecule has 15 heavy (non-hydrogen) atoms. The Labute approximate surface area is 88.3 Å². The normalized spacial score (nSPS) is 30.0. The molecule has 1 aromatic carbocycles. The smallest absolute Gasteiger partial charge is 0.126 e. The highest BCUT2D eigenvalue weighted by molar-refractivity contribution is 5.26. The van der Waals surface area contributed by atoms with E-state index in [1.165, 1.54) is 12.1 Å². The van der Waals surface area contributed by atoms with Gasteiger partial charge in [-0.15, -0.1) is 0 Å². The SMILES string of the molecule is CCC1C(N)CC1c1cc(F)cc(F)c1. The van der Waals surface area contributed by atoms with E-state index in [4.69, 9.17) is 5.73 Å². The molecule has 3 heteroatoms. The van der Waals surface area contributed by atoms with Gasteiger partial charge in [-0.1, -0.05) is 13.3 Å². The maximum Gasteiger partial charge on any atom is 0.126 e. The van der Waals surface area contributed by atoms with Crippen LogP contribution in [0.5, 0.6) is 0 Å².